The number of ether oxygens (including phenoxy) is 1. The minimum atomic E-state index is -3.72. The molecule has 7 nitrogen and oxygen atoms in total. The Morgan fingerprint density at radius 2 is 2.00 bits per heavy atom. The fraction of sp³-hybridized carbons (Fsp3) is 0.381. The fourth-order valence-electron chi connectivity index (χ4n) is 3.55. The lowest BCUT2D eigenvalue weighted by atomic mass is 10.2. The van der Waals surface area contributed by atoms with E-state index in [4.69, 9.17) is 4.74 Å². The van der Waals surface area contributed by atoms with Crippen LogP contribution in [0.1, 0.15) is 6.42 Å². The summed E-state index contributed by atoms with van der Waals surface area (Å²) in [5.74, 6) is 0.823. The Kier molecular flexibility index (Phi) is 8.36. The molecule has 1 saturated heterocycles. The Morgan fingerprint density at radius 1 is 1.26 bits per heavy atom. The Hall–Kier alpha value is -1.64. The van der Waals surface area contributed by atoms with Crippen molar-refractivity contribution in [2.45, 2.75) is 23.4 Å². The average molecular weight is 572 g/mol. The van der Waals surface area contributed by atoms with Crippen LogP contribution in [0, 0.1) is 11.5 Å². The number of likely N-dealkylation sites (tertiary alicyclic amines) is 1. The van der Waals surface area contributed by atoms with Gasteiger partial charge in [0.2, 0.25) is 10.0 Å². The van der Waals surface area contributed by atoms with E-state index in [1.54, 1.807) is 23.1 Å². The standard InChI is InChI=1S/C21H24Br2N4O3S/c1-26(9-10-30-19-5-3-2-4-6-19)14-18-12-17(13-27(18)15-24)25-31(28,29)21-11-16(22)7-8-20(21)23/h2-8,11,17-18,25H,9-10,12-14H2,1H3/t17-,18-/m1/s1. The SMILES string of the molecule is CN(CCOc1ccccc1)C[C@H]1C[C@@H](NS(=O)(=O)c2cc(Br)ccc2Br)CN1C#N. The molecule has 0 radical (unpaired) electrons. The molecule has 2 atom stereocenters. The maximum Gasteiger partial charge on any atom is 0.242 e. The second-order valence-electron chi connectivity index (χ2n) is 7.46. The molecule has 1 aliphatic heterocycles. The molecule has 0 amide bonds. The van der Waals surface area contributed by atoms with Crippen LogP contribution in [0.25, 0.3) is 0 Å². The summed E-state index contributed by atoms with van der Waals surface area (Å²) in [6, 6.07) is 14.2. The number of halogens is 2. The minimum absolute atomic E-state index is 0.0645. The molecule has 31 heavy (non-hydrogen) atoms. The van der Waals surface area contributed by atoms with Gasteiger partial charge in [0.25, 0.3) is 0 Å². The van der Waals surface area contributed by atoms with Crippen molar-refractivity contribution in [3.63, 3.8) is 0 Å². The van der Waals surface area contributed by atoms with Crippen LogP contribution >= 0.6 is 31.9 Å². The highest BCUT2D eigenvalue weighted by molar-refractivity contribution is 9.11. The summed E-state index contributed by atoms with van der Waals surface area (Å²) in [5, 5.41) is 9.53. The molecule has 166 valence electrons. The molecule has 0 aliphatic carbocycles. The highest BCUT2D eigenvalue weighted by Gasteiger charge is 2.35. The van der Waals surface area contributed by atoms with Gasteiger partial charge in [-0.3, -0.25) is 0 Å². The molecule has 2 aromatic carbocycles. The summed E-state index contributed by atoms with van der Waals surface area (Å²) in [6.45, 7) is 2.23. The molecule has 1 heterocycles. The molecule has 3 rings (SSSR count). The van der Waals surface area contributed by atoms with E-state index in [1.165, 1.54) is 0 Å². The molecule has 1 fully saturated rings. The summed E-state index contributed by atoms with van der Waals surface area (Å²) in [5.41, 5.74) is 0. The zero-order chi connectivity index (χ0) is 22.4. The third-order valence-electron chi connectivity index (χ3n) is 5.05. The van der Waals surface area contributed by atoms with Gasteiger partial charge in [-0.15, -0.1) is 0 Å². The number of para-hydroxylation sites is 1. The maximum atomic E-state index is 12.9. The lowest BCUT2D eigenvalue weighted by Crippen LogP contribution is -2.38. The first-order chi connectivity index (χ1) is 14.8. The van der Waals surface area contributed by atoms with Crippen LogP contribution in [0.2, 0.25) is 0 Å². The molecule has 1 aliphatic rings. The first kappa shape index (κ1) is 24.0. The second kappa shape index (κ2) is 10.8. The van der Waals surface area contributed by atoms with Crippen molar-refractivity contribution in [1.29, 1.82) is 5.26 Å². The van der Waals surface area contributed by atoms with Gasteiger partial charge in [-0.25, -0.2) is 13.1 Å². The van der Waals surface area contributed by atoms with Crippen molar-refractivity contribution < 1.29 is 13.2 Å². The topological polar surface area (TPSA) is 85.7 Å². The van der Waals surface area contributed by atoms with Crippen molar-refractivity contribution >= 4 is 41.9 Å². The van der Waals surface area contributed by atoms with Crippen LogP contribution in [0.5, 0.6) is 5.75 Å². The molecule has 0 spiro atoms. The molecule has 2 aromatic rings. The van der Waals surface area contributed by atoms with Crippen molar-refractivity contribution in [3.05, 3.63) is 57.5 Å². The third-order valence-corrected chi connectivity index (χ3v) is 8.06. The van der Waals surface area contributed by atoms with Gasteiger partial charge in [0.15, 0.2) is 6.19 Å². The van der Waals surface area contributed by atoms with Gasteiger partial charge >= 0.3 is 0 Å². The van der Waals surface area contributed by atoms with E-state index in [-0.39, 0.29) is 17.0 Å². The van der Waals surface area contributed by atoms with Crippen LogP contribution in [0.4, 0.5) is 0 Å². The molecule has 0 aromatic heterocycles. The van der Waals surface area contributed by atoms with Crippen LogP contribution < -0.4 is 9.46 Å². The van der Waals surface area contributed by atoms with Crippen LogP contribution in [-0.4, -0.2) is 63.6 Å². The number of likely N-dealkylation sites (N-methyl/N-ethyl adjacent to an activating group) is 1. The zero-order valence-corrected chi connectivity index (χ0v) is 21.0. The van der Waals surface area contributed by atoms with Crippen molar-refractivity contribution in [2.24, 2.45) is 0 Å². The molecular formula is C21H24Br2N4O3S. The number of nitrogens with zero attached hydrogens (tertiary/aromatic N) is 3. The predicted molar refractivity (Wildman–Crippen MR) is 126 cm³/mol. The summed E-state index contributed by atoms with van der Waals surface area (Å²) in [6.07, 6.45) is 2.76. The van der Waals surface area contributed by atoms with Gasteiger partial charge in [-0.2, -0.15) is 5.26 Å². The lowest BCUT2D eigenvalue weighted by Gasteiger charge is -2.24. The largest absolute Gasteiger partial charge is 0.492 e. The summed E-state index contributed by atoms with van der Waals surface area (Å²) in [4.78, 5) is 3.92. The Morgan fingerprint density at radius 3 is 2.71 bits per heavy atom. The number of nitrogens with one attached hydrogen (secondary N) is 1. The van der Waals surface area contributed by atoms with Crippen molar-refractivity contribution in [1.82, 2.24) is 14.5 Å². The number of rotatable bonds is 9. The number of hydrogen-bond donors (Lipinski definition) is 1. The number of hydrogen-bond acceptors (Lipinski definition) is 6. The average Bonchev–Trinajstić information content (AvgIpc) is 3.10. The number of benzene rings is 2. The van der Waals surface area contributed by atoms with E-state index in [0.29, 0.717) is 41.6 Å². The zero-order valence-electron chi connectivity index (χ0n) is 17.0. The number of sulfonamides is 1. The Bertz CT molecular complexity index is 1030. The van der Waals surface area contributed by atoms with E-state index < -0.39 is 10.0 Å². The van der Waals surface area contributed by atoms with Crippen molar-refractivity contribution in [2.75, 3.05) is 33.3 Å². The number of nitriles is 1. The smallest absolute Gasteiger partial charge is 0.242 e. The molecule has 0 unspecified atom stereocenters. The first-order valence-electron chi connectivity index (χ1n) is 9.78. The van der Waals surface area contributed by atoms with Crippen LogP contribution in [0.15, 0.2) is 62.4 Å². The van der Waals surface area contributed by atoms with Gasteiger partial charge in [-0.1, -0.05) is 34.1 Å². The Balaban J connectivity index is 1.55. The summed E-state index contributed by atoms with van der Waals surface area (Å²) < 4.78 is 35.4. The molecule has 0 saturated carbocycles. The maximum absolute atomic E-state index is 12.9. The molecular weight excluding hydrogens is 548 g/mol. The van der Waals surface area contributed by atoms with Crippen LogP contribution in [-0.2, 0) is 10.0 Å². The molecule has 10 heteroatoms. The molecule has 1 N–H and O–H groups in total. The highest BCUT2D eigenvalue weighted by Crippen LogP contribution is 2.27. The van der Waals surface area contributed by atoms with E-state index in [1.807, 2.05) is 37.4 Å². The van der Waals surface area contributed by atoms with Gasteiger partial charge in [-0.05, 0) is 59.7 Å². The van der Waals surface area contributed by atoms with E-state index >= 15 is 0 Å². The monoisotopic (exact) mass is 570 g/mol. The van der Waals surface area contributed by atoms with E-state index in [2.05, 4.69) is 47.7 Å². The van der Waals surface area contributed by atoms with Crippen molar-refractivity contribution in [3.8, 4) is 11.9 Å². The van der Waals surface area contributed by atoms with E-state index in [9.17, 15) is 13.7 Å². The lowest BCUT2D eigenvalue weighted by molar-refractivity contribution is 0.202. The normalized spacial score (nSPS) is 18.9. The fourth-order valence-corrected chi connectivity index (χ4v) is 6.29. The van der Waals surface area contributed by atoms with Gasteiger partial charge < -0.3 is 14.5 Å². The van der Waals surface area contributed by atoms with Gasteiger partial charge in [0, 0.05) is 34.6 Å². The van der Waals surface area contributed by atoms with E-state index in [0.717, 1.165) is 5.75 Å². The highest BCUT2D eigenvalue weighted by atomic mass is 79.9. The predicted octanol–water partition coefficient (Wildman–Crippen LogP) is 3.42. The van der Waals surface area contributed by atoms with Gasteiger partial charge in [0.1, 0.15) is 12.4 Å². The summed E-state index contributed by atoms with van der Waals surface area (Å²) in [7, 11) is -1.75. The first-order valence-corrected chi connectivity index (χ1v) is 12.9. The summed E-state index contributed by atoms with van der Waals surface area (Å²) >= 11 is 6.62. The van der Waals surface area contributed by atoms with Crippen LogP contribution in [0.3, 0.4) is 0 Å². The quantitative estimate of drug-likeness (QED) is 0.464. The van der Waals surface area contributed by atoms with Gasteiger partial charge in [0.05, 0.1) is 10.9 Å². The minimum Gasteiger partial charge on any atom is -0.492 e. The third kappa shape index (κ3) is 6.67. The molecule has 0 bridgehead atoms. The Labute approximate surface area is 200 Å². The second-order valence-corrected chi connectivity index (χ2v) is 10.9.